The molecule has 8 nitrogen and oxygen atoms in total. The summed E-state index contributed by atoms with van der Waals surface area (Å²) in [4.78, 5) is 33.6. The van der Waals surface area contributed by atoms with E-state index in [-0.39, 0.29) is 17.4 Å². The number of halogens is 1. The van der Waals surface area contributed by atoms with Gasteiger partial charge in [-0.25, -0.2) is 4.98 Å². The van der Waals surface area contributed by atoms with Crippen molar-refractivity contribution in [3.05, 3.63) is 75.2 Å². The first-order chi connectivity index (χ1) is 15.5. The number of likely N-dealkylation sites (tertiary alicyclic amines) is 1. The number of carbonyl (C=O) groups is 1. The lowest BCUT2D eigenvalue weighted by atomic mass is 9.95. The number of hydrogen-bond donors (Lipinski definition) is 1. The summed E-state index contributed by atoms with van der Waals surface area (Å²) in [6.07, 6.45) is 6.68. The Balaban J connectivity index is 1.45. The number of imidazole rings is 1. The fourth-order valence-electron chi connectivity index (χ4n) is 4.10. The largest absolute Gasteiger partial charge is 0.497 e. The van der Waals surface area contributed by atoms with E-state index in [1.54, 1.807) is 25.3 Å². The molecular weight excluding hydrogens is 432 g/mol. The number of amides is 1. The van der Waals surface area contributed by atoms with Gasteiger partial charge in [0.15, 0.2) is 0 Å². The first kappa shape index (κ1) is 22.0. The van der Waals surface area contributed by atoms with Crippen molar-refractivity contribution in [2.45, 2.75) is 25.3 Å². The summed E-state index contributed by atoms with van der Waals surface area (Å²) in [7, 11) is 3.26. The van der Waals surface area contributed by atoms with E-state index in [1.165, 1.54) is 12.3 Å². The van der Waals surface area contributed by atoms with Gasteiger partial charge in [-0.15, -0.1) is 0 Å². The summed E-state index contributed by atoms with van der Waals surface area (Å²) in [5.74, 6) is 2.39. The quantitative estimate of drug-likeness (QED) is 0.614. The lowest BCUT2D eigenvalue weighted by molar-refractivity contribution is 0.0708. The van der Waals surface area contributed by atoms with E-state index >= 15 is 0 Å². The van der Waals surface area contributed by atoms with Gasteiger partial charge in [0.1, 0.15) is 22.9 Å². The Morgan fingerprint density at radius 2 is 1.84 bits per heavy atom. The molecule has 0 spiro atoms. The van der Waals surface area contributed by atoms with Gasteiger partial charge in [-0.3, -0.25) is 9.59 Å². The molecule has 3 aromatic rings. The maximum Gasteiger partial charge on any atom is 0.260 e. The third-order valence-electron chi connectivity index (χ3n) is 5.76. The maximum absolute atomic E-state index is 12.8. The van der Waals surface area contributed by atoms with Crippen molar-refractivity contribution < 1.29 is 14.3 Å². The highest BCUT2D eigenvalue weighted by Gasteiger charge is 2.28. The zero-order chi connectivity index (χ0) is 22.7. The van der Waals surface area contributed by atoms with Crippen molar-refractivity contribution in [1.29, 1.82) is 0 Å². The normalized spacial score (nSPS) is 14.4. The Kier molecular flexibility index (Phi) is 6.50. The molecule has 0 atom stereocenters. The molecular formula is C23H25ClN4O4. The van der Waals surface area contributed by atoms with E-state index in [0.29, 0.717) is 24.7 Å². The van der Waals surface area contributed by atoms with Crippen molar-refractivity contribution in [3.63, 3.8) is 0 Å². The number of nitrogens with one attached hydrogen (secondary N) is 1. The van der Waals surface area contributed by atoms with E-state index in [0.717, 1.165) is 35.7 Å². The zero-order valence-corrected chi connectivity index (χ0v) is 18.8. The Labute approximate surface area is 190 Å². The van der Waals surface area contributed by atoms with E-state index in [2.05, 4.69) is 14.5 Å². The molecule has 1 aliphatic heterocycles. The Bertz CT molecular complexity index is 1140. The first-order valence-corrected chi connectivity index (χ1v) is 10.8. The average Bonchev–Trinajstić information content (AvgIpc) is 3.28. The van der Waals surface area contributed by atoms with Gasteiger partial charge in [-0.1, -0.05) is 11.6 Å². The fraction of sp³-hybridized carbons (Fsp3) is 0.348. The van der Waals surface area contributed by atoms with E-state index in [9.17, 15) is 9.59 Å². The van der Waals surface area contributed by atoms with Crippen LogP contribution in [0.2, 0.25) is 5.02 Å². The van der Waals surface area contributed by atoms with Gasteiger partial charge < -0.3 is 23.9 Å². The van der Waals surface area contributed by atoms with Crippen LogP contribution in [0, 0.1) is 0 Å². The summed E-state index contributed by atoms with van der Waals surface area (Å²) in [6, 6.07) is 7.23. The van der Waals surface area contributed by atoms with E-state index in [4.69, 9.17) is 21.1 Å². The Morgan fingerprint density at radius 3 is 2.50 bits per heavy atom. The average molecular weight is 457 g/mol. The van der Waals surface area contributed by atoms with Gasteiger partial charge in [0.2, 0.25) is 0 Å². The topological polar surface area (TPSA) is 89.5 Å². The van der Waals surface area contributed by atoms with Crippen LogP contribution in [-0.4, -0.2) is 52.7 Å². The number of rotatable bonds is 6. The molecule has 168 valence electrons. The smallest absolute Gasteiger partial charge is 0.260 e. The lowest BCUT2D eigenvalue weighted by Crippen LogP contribution is -2.40. The lowest BCUT2D eigenvalue weighted by Gasteiger charge is -2.32. The number of aromatic amines is 1. The van der Waals surface area contributed by atoms with Gasteiger partial charge in [-0.05, 0) is 36.6 Å². The Morgan fingerprint density at radius 1 is 1.16 bits per heavy atom. The van der Waals surface area contributed by atoms with Gasteiger partial charge >= 0.3 is 0 Å². The van der Waals surface area contributed by atoms with Crippen LogP contribution in [0.15, 0.2) is 47.7 Å². The van der Waals surface area contributed by atoms with Crippen LogP contribution in [0.25, 0.3) is 0 Å². The predicted octanol–water partition coefficient (Wildman–Crippen LogP) is 3.31. The van der Waals surface area contributed by atoms with Gasteiger partial charge in [-0.2, -0.15) is 0 Å². The van der Waals surface area contributed by atoms with E-state index < -0.39 is 5.56 Å². The summed E-state index contributed by atoms with van der Waals surface area (Å²) in [5.41, 5.74) is 0.698. The molecule has 1 amide bonds. The minimum absolute atomic E-state index is 0.0735. The minimum atomic E-state index is -0.425. The molecule has 1 N–H and O–H groups in total. The standard InChI is InChI=1S/C23H25ClN4O4/c1-31-18-9-15(10-19(12-18)32-2)14-28-8-5-25-21(28)16-3-6-27(7-4-16)23(30)20-11-17(24)13-26-22(20)29/h5,8-13,16H,3-4,6-7,14H2,1-2H3,(H,26,29). The molecule has 2 aromatic heterocycles. The second kappa shape index (κ2) is 9.48. The number of carbonyl (C=O) groups excluding carboxylic acids is 1. The van der Waals surface area contributed by atoms with Crippen molar-refractivity contribution in [2.75, 3.05) is 27.3 Å². The van der Waals surface area contributed by atoms with Crippen LogP contribution in [0.1, 0.15) is 40.5 Å². The number of H-pyrrole nitrogens is 1. The van der Waals surface area contributed by atoms with Crippen molar-refractivity contribution in [3.8, 4) is 11.5 Å². The number of piperidine rings is 1. The molecule has 1 fully saturated rings. The second-order valence-electron chi connectivity index (χ2n) is 7.76. The number of hydrogen-bond acceptors (Lipinski definition) is 5. The number of ether oxygens (including phenoxy) is 2. The zero-order valence-electron chi connectivity index (χ0n) is 18.0. The van der Waals surface area contributed by atoms with Crippen molar-refractivity contribution in [2.24, 2.45) is 0 Å². The SMILES string of the molecule is COc1cc(Cn2ccnc2C2CCN(C(=O)c3cc(Cl)c[nH]c3=O)CC2)cc(OC)c1. The van der Waals surface area contributed by atoms with Gasteiger partial charge in [0.05, 0.1) is 19.2 Å². The second-order valence-corrected chi connectivity index (χ2v) is 8.20. The summed E-state index contributed by atoms with van der Waals surface area (Å²) in [6.45, 7) is 1.74. The molecule has 32 heavy (non-hydrogen) atoms. The fourth-order valence-corrected chi connectivity index (χ4v) is 4.26. The highest BCUT2D eigenvalue weighted by molar-refractivity contribution is 6.30. The van der Waals surface area contributed by atoms with Crippen molar-refractivity contribution >= 4 is 17.5 Å². The number of nitrogens with zero attached hydrogens (tertiary/aromatic N) is 3. The molecule has 4 rings (SSSR count). The third-order valence-corrected chi connectivity index (χ3v) is 5.98. The minimum Gasteiger partial charge on any atom is -0.497 e. The predicted molar refractivity (Wildman–Crippen MR) is 121 cm³/mol. The van der Waals surface area contributed by atoms with Gasteiger partial charge in [0, 0.05) is 50.2 Å². The van der Waals surface area contributed by atoms with Crippen LogP contribution in [0.5, 0.6) is 11.5 Å². The highest BCUT2D eigenvalue weighted by Crippen LogP contribution is 2.29. The summed E-state index contributed by atoms with van der Waals surface area (Å²) < 4.78 is 12.9. The third kappa shape index (κ3) is 4.65. The highest BCUT2D eigenvalue weighted by atomic mass is 35.5. The molecule has 0 radical (unpaired) electrons. The summed E-state index contributed by atoms with van der Waals surface area (Å²) in [5, 5.41) is 0.332. The van der Waals surface area contributed by atoms with Crippen LogP contribution in [0.3, 0.4) is 0 Å². The van der Waals surface area contributed by atoms with Gasteiger partial charge in [0.25, 0.3) is 11.5 Å². The Hall–Kier alpha value is -3.26. The maximum atomic E-state index is 12.8. The summed E-state index contributed by atoms with van der Waals surface area (Å²) >= 11 is 5.94. The molecule has 0 saturated carbocycles. The molecule has 1 aliphatic rings. The molecule has 9 heteroatoms. The molecule has 0 bridgehead atoms. The number of benzene rings is 1. The number of pyridine rings is 1. The van der Waals surface area contributed by atoms with Crippen LogP contribution < -0.4 is 15.0 Å². The van der Waals surface area contributed by atoms with E-state index in [1.807, 2.05) is 24.4 Å². The molecule has 0 unspecified atom stereocenters. The molecule has 3 heterocycles. The molecule has 0 aliphatic carbocycles. The number of methoxy groups -OCH3 is 2. The monoisotopic (exact) mass is 456 g/mol. The van der Waals surface area contributed by atoms with Crippen molar-refractivity contribution in [1.82, 2.24) is 19.4 Å². The molecule has 1 saturated heterocycles. The van der Waals surface area contributed by atoms with Crippen LogP contribution in [0.4, 0.5) is 0 Å². The number of aromatic nitrogens is 3. The first-order valence-electron chi connectivity index (χ1n) is 10.4. The molecule has 1 aromatic carbocycles. The van der Waals surface area contributed by atoms with Crippen LogP contribution in [-0.2, 0) is 6.54 Å². The van der Waals surface area contributed by atoms with Crippen LogP contribution >= 0.6 is 11.6 Å².